The number of nitrogens with one attached hydrogen (secondary N) is 1. The fourth-order valence-corrected chi connectivity index (χ4v) is 3.97. The number of fused-ring (bicyclic) bond motifs is 1. The maximum atomic E-state index is 12.5. The highest BCUT2D eigenvalue weighted by atomic mass is 16.5. The first-order valence-electron chi connectivity index (χ1n) is 11.0. The van der Waals surface area contributed by atoms with Crippen molar-refractivity contribution in [1.82, 2.24) is 15.2 Å². The highest BCUT2D eigenvalue weighted by molar-refractivity contribution is 5.95. The Kier molecular flexibility index (Phi) is 7.07. The highest BCUT2D eigenvalue weighted by Gasteiger charge is 2.17. The molecule has 0 saturated carbocycles. The molecule has 7 nitrogen and oxygen atoms in total. The summed E-state index contributed by atoms with van der Waals surface area (Å²) in [4.78, 5) is 21.8. The predicted octanol–water partition coefficient (Wildman–Crippen LogP) is 3.19. The maximum Gasteiger partial charge on any atom is 0.269 e. The Hall–Kier alpha value is -3.32. The number of rotatable bonds is 8. The van der Waals surface area contributed by atoms with Crippen molar-refractivity contribution in [3.05, 3.63) is 60.3 Å². The van der Waals surface area contributed by atoms with Gasteiger partial charge in [-0.05, 0) is 61.5 Å². The molecule has 7 heteroatoms. The van der Waals surface area contributed by atoms with E-state index in [9.17, 15) is 4.79 Å². The summed E-state index contributed by atoms with van der Waals surface area (Å²) >= 11 is 0. The number of carbonyl (C=O) groups excluding carboxylic acids is 1. The van der Waals surface area contributed by atoms with Crippen LogP contribution in [0.1, 0.15) is 16.9 Å². The fraction of sp³-hybridized carbons (Fsp3) is 0.360. The highest BCUT2D eigenvalue weighted by Crippen LogP contribution is 2.21. The minimum absolute atomic E-state index is 0.132. The van der Waals surface area contributed by atoms with Gasteiger partial charge < -0.3 is 19.7 Å². The van der Waals surface area contributed by atoms with E-state index in [1.54, 1.807) is 20.3 Å². The number of hydrogen-bond donors (Lipinski definition) is 1. The molecular formula is C25H30N4O3. The zero-order valence-electron chi connectivity index (χ0n) is 18.7. The van der Waals surface area contributed by atoms with Crippen LogP contribution in [0.2, 0.25) is 0 Å². The van der Waals surface area contributed by atoms with E-state index in [-0.39, 0.29) is 5.91 Å². The number of ether oxygens (including phenoxy) is 2. The zero-order chi connectivity index (χ0) is 22.3. The third-order valence-electron chi connectivity index (χ3n) is 5.88. The summed E-state index contributed by atoms with van der Waals surface area (Å²) in [6.07, 6.45) is 0.916. The van der Waals surface area contributed by atoms with E-state index < -0.39 is 0 Å². The van der Waals surface area contributed by atoms with Crippen LogP contribution in [0.3, 0.4) is 0 Å². The molecule has 0 spiro atoms. The third-order valence-corrected chi connectivity index (χ3v) is 5.88. The van der Waals surface area contributed by atoms with Gasteiger partial charge in [-0.15, -0.1) is 0 Å². The van der Waals surface area contributed by atoms with E-state index in [1.165, 1.54) is 5.69 Å². The van der Waals surface area contributed by atoms with Gasteiger partial charge in [0.2, 0.25) is 0 Å². The molecule has 32 heavy (non-hydrogen) atoms. The Balaban J connectivity index is 1.19. The number of methoxy groups -OCH3 is 2. The molecule has 1 N–H and O–H groups in total. The number of carbonyl (C=O) groups is 1. The minimum Gasteiger partial charge on any atom is -0.497 e. The molecule has 3 aromatic rings. The molecule has 1 saturated heterocycles. The van der Waals surface area contributed by atoms with Crippen molar-refractivity contribution in [3.63, 3.8) is 0 Å². The first kappa shape index (κ1) is 21.9. The molecule has 2 aromatic carbocycles. The standard InChI is InChI=1S/C25H30N4O3/c1-31-21-7-5-20(6-8-21)29-16-14-28(15-17-29)13-3-12-26-25(30)24-10-4-19-18-22(32-2)9-11-23(19)27-24/h4-11,18H,3,12-17H2,1-2H3,(H,26,30). The van der Waals surface area contributed by atoms with Gasteiger partial charge in [-0.1, -0.05) is 6.07 Å². The summed E-state index contributed by atoms with van der Waals surface area (Å²) in [7, 11) is 3.32. The first-order valence-corrected chi connectivity index (χ1v) is 11.0. The van der Waals surface area contributed by atoms with Crippen LogP contribution < -0.4 is 19.7 Å². The van der Waals surface area contributed by atoms with Gasteiger partial charge in [0.15, 0.2) is 0 Å². The van der Waals surface area contributed by atoms with E-state index in [2.05, 4.69) is 32.2 Å². The summed E-state index contributed by atoms with van der Waals surface area (Å²) in [6, 6.07) is 17.5. The number of pyridine rings is 1. The molecule has 0 bridgehead atoms. The minimum atomic E-state index is -0.132. The molecule has 4 rings (SSSR count). The molecule has 0 atom stereocenters. The lowest BCUT2D eigenvalue weighted by atomic mass is 10.2. The van der Waals surface area contributed by atoms with Gasteiger partial charge in [0.05, 0.1) is 19.7 Å². The Bertz CT molecular complexity index is 1050. The predicted molar refractivity (Wildman–Crippen MR) is 127 cm³/mol. The van der Waals surface area contributed by atoms with Crippen LogP contribution in [0.25, 0.3) is 10.9 Å². The molecule has 0 unspecified atom stereocenters. The summed E-state index contributed by atoms with van der Waals surface area (Å²) < 4.78 is 10.5. The van der Waals surface area contributed by atoms with Gasteiger partial charge in [0, 0.05) is 43.8 Å². The summed E-state index contributed by atoms with van der Waals surface area (Å²) in [5.41, 5.74) is 2.46. The lowest BCUT2D eigenvalue weighted by molar-refractivity contribution is 0.0947. The molecule has 0 radical (unpaired) electrons. The van der Waals surface area contributed by atoms with Gasteiger partial charge in [-0.25, -0.2) is 4.98 Å². The second-order valence-corrected chi connectivity index (χ2v) is 7.89. The number of benzene rings is 2. The van der Waals surface area contributed by atoms with Crippen LogP contribution in [-0.2, 0) is 0 Å². The maximum absolute atomic E-state index is 12.5. The van der Waals surface area contributed by atoms with E-state index in [1.807, 2.05) is 36.4 Å². The normalized spacial score (nSPS) is 14.4. The van der Waals surface area contributed by atoms with Crippen molar-refractivity contribution in [2.45, 2.75) is 6.42 Å². The molecule has 1 fully saturated rings. The quantitative estimate of drug-likeness (QED) is 0.550. The molecule has 168 valence electrons. The average Bonchev–Trinajstić information content (AvgIpc) is 2.86. The average molecular weight is 435 g/mol. The molecule has 0 aliphatic carbocycles. The lowest BCUT2D eigenvalue weighted by Crippen LogP contribution is -2.47. The summed E-state index contributed by atoms with van der Waals surface area (Å²) in [5.74, 6) is 1.53. The number of anilines is 1. The van der Waals surface area contributed by atoms with Crippen LogP contribution in [0.15, 0.2) is 54.6 Å². The fourth-order valence-electron chi connectivity index (χ4n) is 3.97. The number of aromatic nitrogens is 1. The second kappa shape index (κ2) is 10.3. The Morgan fingerprint density at radius 2 is 1.66 bits per heavy atom. The van der Waals surface area contributed by atoms with Crippen LogP contribution >= 0.6 is 0 Å². The van der Waals surface area contributed by atoms with E-state index in [0.717, 1.165) is 61.5 Å². The van der Waals surface area contributed by atoms with E-state index in [4.69, 9.17) is 9.47 Å². The second-order valence-electron chi connectivity index (χ2n) is 7.89. The third kappa shape index (κ3) is 5.29. The van der Waals surface area contributed by atoms with Gasteiger partial charge in [0.25, 0.3) is 5.91 Å². The Morgan fingerprint density at radius 1 is 0.938 bits per heavy atom. The van der Waals surface area contributed by atoms with Crippen LogP contribution in [0, 0.1) is 0 Å². The number of amides is 1. The summed E-state index contributed by atoms with van der Waals surface area (Å²) in [5, 5.41) is 3.95. The van der Waals surface area contributed by atoms with Crippen molar-refractivity contribution >= 4 is 22.5 Å². The van der Waals surface area contributed by atoms with Crippen molar-refractivity contribution in [2.24, 2.45) is 0 Å². The van der Waals surface area contributed by atoms with Crippen molar-refractivity contribution in [2.75, 3.05) is 58.4 Å². The monoisotopic (exact) mass is 434 g/mol. The SMILES string of the molecule is COc1ccc(N2CCN(CCCNC(=O)c3ccc4cc(OC)ccc4n3)CC2)cc1. The van der Waals surface area contributed by atoms with Crippen LogP contribution in [0.4, 0.5) is 5.69 Å². The summed E-state index contributed by atoms with van der Waals surface area (Å²) in [6.45, 7) is 5.67. The van der Waals surface area contributed by atoms with Gasteiger partial charge >= 0.3 is 0 Å². The van der Waals surface area contributed by atoms with Crippen LogP contribution in [0.5, 0.6) is 11.5 Å². The lowest BCUT2D eigenvalue weighted by Gasteiger charge is -2.36. The Labute approximate surface area is 188 Å². The number of piperazine rings is 1. The van der Waals surface area contributed by atoms with Gasteiger partial charge in [-0.3, -0.25) is 9.69 Å². The van der Waals surface area contributed by atoms with Gasteiger partial charge in [-0.2, -0.15) is 0 Å². The van der Waals surface area contributed by atoms with Gasteiger partial charge in [0.1, 0.15) is 17.2 Å². The van der Waals surface area contributed by atoms with E-state index in [0.29, 0.717) is 12.2 Å². The molecule has 1 aliphatic rings. The Morgan fingerprint density at radius 3 is 2.38 bits per heavy atom. The molecule has 2 heterocycles. The number of nitrogens with zero attached hydrogens (tertiary/aromatic N) is 3. The first-order chi connectivity index (χ1) is 15.7. The van der Waals surface area contributed by atoms with Crippen molar-refractivity contribution in [3.8, 4) is 11.5 Å². The molecular weight excluding hydrogens is 404 g/mol. The molecule has 1 amide bonds. The van der Waals surface area contributed by atoms with E-state index >= 15 is 0 Å². The van der Waals surface area contributed by atoms with Crippen LogP contribution in [-0.4, -0.2) is 69.3 Å². The largest absolute Gasteiger partial charge is 0.497 e. The topological polar surface area (TPSA) is 66.9 Å². The smallest absolute Gasteiger partial charge is 0.269 e. The molecule has 1 aromatic heterocycles. The molecule has 1 aliphatic heterocycles. The number of hydrogen-bond acceptors (Lipinski definition) is 6. The van der Waals surface area contributed by atoms with Crippen molar-refractivity contribution < 1.29 is 14.3 Å². The van der Waals surface area contributed by atoms with Crippen molar-refractivity contribution in [1.29, 1.82) is 0 Å². The zero-order valence-corrected chi connectivity index (χ0v) is 18.7.